The lowest BCUT2D eigenvalue weighted by Gasteiger charge is -2.14. The predicted molar refractivity (Wildman–Crippen MR) is 84.9 cm³/mol. The van der Waals surface area contributed by atoms with E-state index in [4.69, 9.17) is 19.9 Å². The molecule has 2 aromatic rings. The first-order valence-corrected chi connectivity index (χ1v) is 6.66. The maximum atomic E-state index is 13.0. The SMILES string of the molecule is COc1cc(C(=O)Nc2ccc(F)cc2N)cc(OC)c1OC. The largest absolute Gasteiger partial charge is 0.493 e. The number of amides is 1. The van der Waals surface area contributed by atoms with Crippen LogP contribution in [0.2, 0.25) is 0 Å². The van der Waals surface area contributed by atoms with E-state index in [0.717, 1.165) is 6.07 Å². The molecule has 0 radical (unpaired) electrons. The smallest absolute Gasteiger partial charge is 0.255 e. The predicted octanol–water partition coefficient (Wildman–Crippen LogP) is 2.69. The van der Waals surface area contributed by atoms with Gasteiger partial charge in [-0.05, 0) is 30.3 Å². The standard InChI is InChI=1S/C16H17FN2O4/c1-21-13-6-9(7-14(22-2)15(13)23-3)16(20)19-12-5-4-10(17)8-11(12)18/h4-8H,18H2,1-3H3,(H,19,20). The number of halogens is 1. The van der Waals surface area contributed by atoms with Crippen LogP contribution in [-0.2, 0) is 0 Å². The lowest BCUT2D eigenvalue weighted by Crippen LogP contribution is -2.14. The Morgan fingerprint density at radius 1 is 1.04 bits per heavy atom. The van der Waals surface area contributed by atoms with Gasteiger partial charge < -0.3 is 25.3 Å². The number of nitrogen functional groups attached to an aromatic ring is 1. The Hall–Kier alpha value is -2.96. The number of carbonyl (C=O) groups is 1. The molecule has 23 heavy (non-hydrogen) atoms. The van der Waals surface area contributed by atoms with Crippen LogP contribution in [0.5, 0.6) is 17.2 Å². The molecule has 2 aromatic carbocycles. The molecule has 0 spiro atoms. The van der Waals surface area contributed by atoms with Crippen LogP contribution in [0.3, 0.4) is 0 Å². The molecule has 0 unspecified atom stereocenters. The summed E-state index contributed by atoms with van der Waals surface area (Å²) in [5.41, 5.74) is 6.40. The minimum absolute atomic E-state index is 0.130. The van der Waals surface area contributed by atoms with Crippen molar-refractivity contribution in [2.45, 2.75) is 0 Å². The van der Waals surface area contributed by atoms with Crippen LogP contribution < -0.4 is 25.3 Å². The van der Waals surface area contributed by atoms with Gasteiger partial charge in [-0.15, -0.1) is 0 Å². The Morgan fingerprint density at radius 3 is 2.13 bits per heavy atom. The molecular weight excluding hydrogens is 303 g/mol. The summed E-state index contributed by atoms with van der Waals surface area (Å²) in [5, 5.41) is 2.61. The van der Waals surface area contributed by atoms with E-state index in [0.29, 0.717) is 22.9 Å². The van der Waals surface area contributed by atoms with Crippen LogP contribution in [0.25, 0.3) is 0 Å². The monoisotopic (exact) mass is 320 g/mol. The highest BCUT2D eigenvalue weighted by Crippen LogP contribution is 2.38. The minimum Gasteiger partial charge on any atom is -0.493 e. The van der Waals surface area contributed by atoms with Gasteiger partial charge in [-0.2, -0.15) is 0 Å². The third-order valence-corrected chi connectivity index (χ3v) is 3.19. The average molecular weight is 320 g/mol. The molecule has 0 aliphatic carbocycles. The number of nitrogens with two attached hydrogens (primary N) is 1. The van der Waals surface area contributed by atoms with Gasteiger partial charge in [0.25, 0.3) is 5.91 Å². The molecule has 1 amide bonds. The van der Waals surface area contributed by atoms with Crippen molar-refractivity contribution in [1.29, 1.82) is 0 Å². The second-order valence-electron chi connectivity index (χ2n) is 4.60. The van der Waals surface area contributed by atoms with Crippen LogP contribution in [0.15, 0.2) is 30.3 Å². The van der Waals surface area contributed by atoms with E-state index in [1.54, 1.807) is 0 Å². The highest BCUT2D eigenvalue weighted by atomic mass is 19.1. The van der Waals surface area contributed by atoms with Gasteiger partial charge in [0.2, 0.25) is 5.75 Å². The van der Waals surface area contributed by atoms with E-state index in [2.05, 4.69) is 5.32 Å². The van der Waals surface area contributed by atoms with Crippen LogP contribution in [-0.4, -0.2) is 27.2 Å². The minimum atomic E-state index is -0.478. The number of rotatable bonds is 5. The number of carbonyl (C=O) groups excluding carboxylic acids is 1. The Morgan fingerprint density at radius 2 is 1.65 bits per heavy atom. The van der Waals surface area contributed by atoms with E-state index < -0.39 is 11.7 Å². The van der Waals surface area contributed by atoms with Gasteiger partial charge in [-0.1, -0.05) is 0 Å². The van der Waals surface area contributed by atoms with Crippen molar-refractivity contribution in [3.63, 3.8) is 0 Å². The van der Waals surface area contributed by atoms with E-state index in [1.165, 1.54) is 45.6 Å². The molecule has 0 atom stereocenters. The molecule has 7 heteroatoms. The molecule has 0 bridgehead atoms. The molecule has 0 saturated carbocycles. The van der Waals surface area contributed by atoms with E-state index in [1.807, 2.05) is 0 Å². The summed E-state index contributed by atoms with van der Waals surface area (Å²) in [6.45, 7) is 0. The summed E-state index contributed by atoms with van der Waals surface area (Å²) in [6, 6.07) is 6.75. The molecule has 122 valence electrons. The molecule has 0 aliphatic rings. The van der Waals surface area contributed by atoms with Crippen LogP contribution in [0, 0.1) is 5.82 Å². The van der Waals surface area contributed by atoms with Crippen molar-refractivity contribution >= 4 is 17.3 Å². The van der Waals surface area contributed by atoms with Gasteiger partial charge in [-0.3, -0.25) is 4.79 Å². The van der Waals surface area contributed by atoms with Crippen molar-refractivity contribution in [3.8, 4) is 17.2 Å². The first kappa shape index (κ1) is 16.4. The third kappa shape index (κ3) is 3.45. The van der Waals surface area contributed by atoms with Gasteiger partial charge in [0.05, 0.1) is 32.7 Å². The quantitative estimate of drug-likeness (QED) is 0.828. The number of anilines is 2. The van der Waals surface area contributed by atoms with Gasteiger partial charge in [-0.25, -0.2) is 4.39 Å². The maximum Gasteiger partial charge on any atom is 0.255 e. The zero-order valence-corrected chi connectivity index (χ0v) is 13.0. The number of methoxy groups -OCH3 is 3. The summed E-state index contributed by atoms with van der Waals surface area (Å²) in [4.78, 5) is 12.4. The zero-order valence-electron chi connectivity index (χ0n) is 13.0. The lowest BCUT2D eigenvalue weighted by molar-refractivity contribution is 0.102. The summed E-state index contributed by atoms with van der Waals surface area (Å²) >= 11 is 0. The number of ether oxygens (including phenoxy) is 3. The second-order valence-corrected chi connectivity index (χ2v) is 4.60. The van der Waals surface area contributed by atoms with Gasteiger partial charge in [0.1, 0.15) is 5.82 Å². The van der Waals surface area contributed by atoms with Crippen LogP contribution in [0.4, 0.5) is 15.8 Å². The van der Waals surface area contributed by atoms with Crippen molar-refractivity contribution in [1.82, 2.24) is 0 Å². The highest BCUT2D eigenvalue weighted by molar-refractivity contribution is 6.06. The summed E-state index contributed by atoms with van der Waals surface area (Å²) < 4.78 is 28.6. The summed E-state index contributed by atoms with van der Waals surface area (Å²) in [7, 11) is 4.38. The first-order chi connectivity index (χ1) is 11.0. The molecule has 0 heterocycles. The molecule has 0 aliphatic heterocycles. The van der Waals surface area contributed by atoms with Crippen molar-refractivity contribution in [3.05, 3.63) is 41.7 Å². The number of hydrogen-bond donors (Lipinski definition) is 2. The number of benzene rings is 2. The maximum absolute atomic E-state index is 13.0. The molecule has 0 fully saturated rings. The summed E-state index contributed by atoms with van der Waals surface area (Å²) in [6.07, 6.45) is 0. The molecule has 0 aromatic heterocycles. The average Bonchev–Trinajstić information content (AvgIpc) is 2.55. The summed E-state index contributed by atoms with van der Waals surface area (Å²) in [5.74, 6) is 0.164. The Bertz CT molecular complexity index is 709. The van der Waals surface area contributed by atoms with Crippen molar-refractivity contribution in [2.75, 3.05) is 32.4 Å². The van der Waals surface area contributed by atoms with Gasteiger partial charge >= 0.3 is 0 Å². The molecule has 3 N–H and O–H groups in total. The topological polar surface area (TPSA) is 82.8 Å². The fourth-order valence-corrected chi connectivity index (χ4v) is 2.05. The number of hydrogen-bond acceptors (Lipinski definition) is 5. The van der Waals surface area contributed by atoms with Crippen molar-refractivity contribution < 1.29 is 23.4 Å². The van der Waals surface area contributed by atoms with E-state index in [9.17, 15) is 9.18 Å². The first-order valence-electron chi connectivity index (χ1n) is 6.66. The zero-order chi connectivity index (χ0) is 17.0. The Kier molecular flexibility index (Phi) is 4.90. The van der Waals surface area contributed by atoms with Crippen molar-refractivity contribution in [2.24, 2.45) is 0 Å². The Balaban J connectivity index is 2.35. The molecular formula is C16H17FN2O4. The fourth-order valence-electron chi connectivity index (χ4n) is 2.05. The van der Waals surface area contributed by atoms with Gasteiger partial charge in [0.15, 0.2) is 11.5 Å². The van der Waals surface area contributed by atoms with Crippen LogP contribution >= 0.6 is 0 Å². The third-order valence-electron chi connectivity index (χ3n) is 3.19. The normalized spacial score (nSPS) is 10.1. The van der Waals surface area contributed by atoms with E-state index in [-0.39, 0.29) is 11.3 Å². The molecule has 0 saturated heterocycles. The highest BCUT2D eigenvalue weighted by Gasteiger charge is 2.17. The fraction of sp³-hybridized carbons (Fsp3) is 0.188. The second kappa shape index (κ2) is 6.87. The Labute approximate surface area is 133 Å². The van der Waals surface area contributed by atoms with E-state index >= 15 is 0 Å². The number of nitrogens with one attached hydrogen (secondary N) is 1. The molecule has 6 nitrogen and oxygen atoms in total. The van der Waals surface area contributed by atoms with Crippen LogP contribution in [0.1, 0.15) is 10.4 Å². The molecule has 2 rings (SSSR count). The van der Waals surface area contributed by atoms with Gasteiger partial charge in [0, 0.05) is 5.56 Å². The lowest BCUT2D eigenvalue weighted by atomic mass is 10.1.